The molecule has 150 valence electrons. The van der Waals surface area contributed by atoms with Crippen LogP contribution in [0.25, 0.3) is 10.9 Å². The average molecular weight is 386 g/mol. The van der Waals surface area contributed by atoms with Crippen molar-refractivity contribution in [2.45, 2.75) is 27.3 Å². The first-order valence-corrected chi connectivity index (χ1v) is 9.51. The summed E-state index contributed by atoms with van der Waals surface area (Å²) >= 11 is 0. The van der Waals surface area contributed by atoms with Gasteiger partial charge >= 0.3 is 6.09 Å². The van der Waals surface area contributed by atoms with Crippen LogP contribution in [-0.2, 0) is 16.1 Å². The normalized spacial score (nSPS) is 14.6. The second kappa shape index (κ2) is 8.41. The summed E-state index contributed by atoms with van der Waals surface area (Å²) in [4.78, 5) is 44.9. The van der Waals surface area contributed by atoms with E-state index in [0.29, 0.717) is 43.7 Å². The number of para-hydroxylation sites is 1. The molecule has 1 aromatic carbocycles. The molecule has 0 spiro atoms. The summed E-state index contributed by atoms with van der Waals surface area (Å²) in [6.07, 6.45) is 1.08. The van der Waals surface area contributed by atoms with Gasteiger partial charge in [0.1, 0.15) is 6.54 Å². The van der Waals surface area contributed by atoms with Crippen LogP contribution in [0.3, 0.4) is 0 Å². The Labute approximate surface area is 163 Å². The molecule has 3 rings (SSSR count). The number of benzene rings is 1. The van der Waals surface area contributed by atoms with E-state index in [4.69, 9.17) is 4.74 Å². The number of piperazine rings is 1. The third-order valence-corrected chi connectivity index (χ3v) is 4.79. The largest absolute Gasteiger partial charge is 0.449 e. The van der Waals surface area contributed by atoms with Crippen LogP contribution in [0.2, 0.25) is 0 Å². The van der Waals surface area contributed by atoms with Crippen molar-refractivity contribution in [1.82, 2.24) is 19.4 Å². The van der Waals surface area contributed by atoms with Crippen LogP contribution in [0.5, 0.6) is 0 Å². The molecule has 2 amide bonds. The summed E-state index contributed by atoms with van der Waals surface area (Å²) in [5, 5.41) is 0.507. The minimum atomic E-state index is -0.342. The van der Waals surface area contributed by atoms with Crippen LogP contribution in [0.15, 0.2) is 29.3 Å². The molecule has 0 radical (unpaired) electrons. The predicted molar refractivity (Wildman–Crippen MR) is 105 cm³/mol. The number of rotatable bonds is 4. The molecule has 0 bridgehead atoms. The molecule has 0 unspecified atom stereocenters. The van der Waals surface area contributed by atoms with E-state index in [1.165, 1.54) is 10.9 Å². The highest BCUT2D eigenvalue weighted by atomic mass is 16.6. The smallest absolute Gasteiger partial charge is 0.409 e. The minimum Gasteiger partial charge on any atom is -0.449 e. The van der Waals surface area contributed by atoms with Gasteiger partial charge in [-0.2, -0.15) is 0 Å². The molecule has 0 N–H and O–H groups in total. The number of amides is 2. The van der Waals surface area contributed by atoms with E-state index in [9.17, 15) is 14.4 Å². The van der Waals surface area contributed by atoms with E-state index in [1.54, 1.807) is 15.9 Å². The second-order valence-electron chi connectivity index (χ2n) is 7.49. The third kappa shape index (κ3) is 4.32. The Kier molecular flexibility index (Phi) is 5.96. The van der Waals surface area contributed by atoms with Gasteiger partial charge in [-0.1, -0.05) is 26.0 Å². The number of hydrogen-bond donors (Lipinski definition) is 0. The quantitative estimate of drug-likeness (QED) is 0.798. The maximum atomic E-state index is 12.6. The number of nitrogens with zero attached hydrogens (tertiary/aromatic N) is 4. The van der Waals surface area contributed by atoms with Crippen LogP contribution in [0.4, 0.5) is 4.79 Å². The Balaban J connectivity index is 1.61. The lowest BCUT2D eigenvalue weighted by Gasteiger charge is -2.34. The summed E-state index contributed by atoms with van der Waals surface area (Å²) < 4.78 is 6.57. The van der Waals surface area contributed by atoms with E-state index in [1.807, 2.05) is 32.9 Å². The molecule has 1 fully saturated rings. The molecule has 2 heterocycles. The number of carbonyl (C=O) groups excluding carboxylic acids is 2. The first-order chi connectivity index (χ1) is 13.4. The van der Waals surface area contributed by atoms with Gasteiger partial charge in [0.2, 0.25) is 5.91 Å². The van der Waals surface area contributed by atoms with E-state index in [-0.39, 0.29) is 30.0 Å². The summed E-state index contributed by atoms with van der Waals surface area (Å²) in [6, 6.07) is 5.43. The molecule has 1 aromatic heterocycles. The van der Waals surface area contributed by atoms with Crippen molar-refractivity contribution in [3.63, 3.8) is 0 Å². The van der Waals surface area contributed by atoms with Crippen LogP contribution >= 0.6 is 0 Å². The Hall–Kier alpha value is -2.90. The highest BCUT2D eigenvalue weighted by molar-refractivity contribution is 5.81. The molecule has 28 heavy (non-hydrogen) atoms. The highest BCUT2D eigenvalue weighted by Crippen LogP contribution is 2.11. The maximum absolute atomic E-state index is 12.6. The lowest BCUT2D eigenvalue weighted by Crippen LogP contribution is -2.51. The molecule has 0 atom stereocenters. The van der Waals surface area contributed by atoms with Crippen LogP contribution in [0, 0.1) is 12.8 Å². The summed E-state index contributed by atoms with van der Waals surface area (Å²) in [5.74, 6) is 0.121. The number of ether oxygens (including phenoxy) is 1. The van der Waals surface area contributed by atoms with Gasteiger partial charge in [-0.05, 0) is 24.5 Å². The first kappa shape index (κ1) is 19.9. The molecular weight excluding hydrogens is 360 g/mol. The lowest BCUT2D eigenvalue weighted by molar-refractivity contribution is -0.133. The monoisotopic (exact) mass is 386 g/mol. The zero-order valence-corrected chi connectivity index (χ0v) is 16.6. The third-order valence-electron chi connectivity index (χ3n) is 4.79. The average Bonchev–Trinajstić information content (AvgIpc) is 2.68. The number of aryl methyl sites for hydroxylation is 1. The van der Waals surface area contributed by atoms with Gasteiger partial charge in [-0.25, -0.2) is 9.78 Å². The van der Waals surface area contributed by atoms with Crippen molar-refractivity contribution in [1.29, 1.82) is 0 Å². The van der Waals surface area contributed by atoms with Gasteiger partial charge in [0, 0.05) is 26.2 Å². The van der Waals surface area contributed by atoms with Crippen molar-refractivity contribution in [3.8, 4) is 0 Å². The zero-order chi connectivity index (χ0) is 20.3. The lowest BCUT2D eigenvalue weighted by atomic mass is 10.1. The molecule has 0 saturated carbocycles. The second-order valence-corrected chi connectivity index (χ2v) is 7.49. The van der Waals surface area contributed by atoms with Gasteiger partial charge in [0.15, 0.2) is 0 Å². The predicted octanol–water partition coefficient (Wildman–Crippen LogP) is 1.64. The highest BCUT2D eigenvalue weighted by Gasteiger charge is 2.25. The van der Waals surface area contributed by atoms with E-state index in [0.717, 1.165) is 5.56 Å². The molecule has 1 saturated heterocycles. The van der Waals surface area contributed by atoms with E-state index >= 15 is 0 Å². The molecule has 0 aliphatic carbocycles. The van der Waals surface area contributed by atoms with Crippen molar-refractivity contribution in [2.75, 3.05) is 32.8 Å². The van der Waals surface area contributed by atoms with Crippen LogP contribution < -0.4 is 5.56 Å². The van der Waals surface area contributed by atoms with Crippen LogP contribution in [-0.4, -0.2) is 64.1 Å². The Morgan fingerprint density at radius 2 is 1.82 bits per heavy atom. The Morgan fingerprint density at radius 3 is 2.50 bits per heavy atom. The summed E-state index contributed by atoms with van der Waals surface area (Å²) in [7, 11) is 0. The molecule has 8 nitrogen and oxygen atoms in total. The van der Waals surface area contributed by atoms with E-state index in [2.05, 4.69) is 4.98 Å². The van der Waals surface area contributed by atoms with Crippen molar-refractivity contribution < 1.29 is 14.3 Å². The standard InChI is InChI=1S/C20H26N4O4/c1-14(2)12-28-20(27)23-9-7-22(8-10-23)17(25)11-24-13-21-18-15(3)5-4-6-16(18)19(24)26/h4-6,13-14H,7-12H2,1-3H3. The van der Waals surface area contributed by atoms with Gasteiger partial charge in [0.25, 0.3) is 5.56 Å². The fourth-order valence-corrected chi connectivity index (χ4v) is 3.16. The van der Waals surface area contributed by atoms with Crippen molar-refractivity contribution >= 4 is 22.9 Å². The molecule has 8 heteroatoms. The van der Waals surface area contributed by atoms with Crippen LogP contribution in [0.1, 0.15) is 19.4 Å². The van der Waals surface area contributed by atoms with Gasteiger partial charge in [-0.3, -0.25) is 14.2 Å². The fourth-order valence-electron chi connectivity index (χ4n) is 3.16. The van der Waals surface area contributed by atoms with Crippen molar-refractivity contribution in [2.24, 2.45) is 5.92 Å². The van der Waals surface area contributed by atoms with Crippen molar-refractivity contribution in [3.05, 3.63) is 40.4 Å². The first-order valence-electron chi connectivity index (χ1n) is 9.51. The van der Waals surface area contributed by atoms with Gasteiger partial charge in [-0.15, -0.1) is 0 Å². The van der Waals surface area contributed by atoms with Gasteiger partial charge in [0.05, 0.1) is 23.8 Å². The molecular formula is C20H26N4O4. The number of hydrogen-bond acceptors (Lipinski definition) is 5. The molecule has 2 aromatic rings. The topological polar surface area (TPSA) is 84.7 Å². The molecule has 1 aliphatic rings. The Bertz CT molecular complexity index is 929. The number of aromatic nitrogens is 2. The molecule has 1 aliphatic heterocycles. The number of carbonyl (C=O) groups is 2. The Morgan fingerprint density at radius 1 is 1.14 bits per heavy atom. The number of fused-ring (bicyclic) bond motifs is 1. The minimum absolute atomic E-state index is 0.0620. The van der Waals surface area contributed by atoms with Gasteiger partial charge < -0.3 is 14.5 Å². The summed E-state index contributed by atoms with van der Waals surface area (Å²) in [6.45, 7) is 7.87. The fraction of sp³-hybridized carbons (Fsp3) is 0.500. The summed E-state index contributed by atoms with van der Waals surface area (Å²) in [5.41, 5.74) is 1.36. The van der Waals surface area contributed by atoms with E-state index < -0.39 is 0 Å². The maximum Gasteiger partial charge on any atom is 0.409 e. The SMILES string of the molecule is Cc1cccc2c(=O)n(CC(=O)N3CCN(C(=O)OCC(C)C)CC3)cnc12. The zero-order valence-electron chi connectivity index (χ0n) is 16.6.